The Bertz CT molecular complexity index is 371. The molecule has 1 aliphatic carbocycles. The smallest absolute Gasteiger partial charge is 0.0896 e. The first-order valence-corrected chi connectivity index (χ1v) is 7.99. The van der Waals surface area contributed by atoms with Gasteiger partial charge in [-0.2, -0.15) is 0 Å². The minimum absolute atomic E-state index is 0.561. The number of rotatable bonds is 5. The van der Waals surface area contributed by atoms with Gasteiger partial charge in [0.2, 0.25) is 0 Å². The van der Waals surface area contributed by atoms with E-state index in [9.17, 15) is 5.11 Å². The van der Waals surface area contributed by atoms with Gasteiger partial charge in [-0.1, -0.05) is 57.4 Å². The van der Waals surface area contributed by atoms with Gasteiger partial charge in [-0.3, -0.25) is 0 Å². The van der Waals surface area contributed by atoms with Crippen molar-refractivity contribution >= 4 is 0 Å². The molecule has 1 nitrogen and oxygen atoms in total. The first-order valence-electron chi connectivity index (χ1n) is 7.99. The van der Waals surface area contributed by atoms with Gasteiger partial charge >= 0.3 is 0 Å². The van der Waals surface area contributed by atoms with Crippen LogP contribution in [-0.2, 0) is 12.0 Å². The third-order valence-corrected chi connectivity index (χ3v) is 4.80. The van der Waals surface area contributed by atoms with Crippen molar-refractivity contribution in [3.8, 4) is 0 Å². The first-order chi connectivity index (χ1) is 9.18. The van der Waals surface area contributed by atoms with Crippen LogP contribution < -0.4 is 0 Å². The molecule has 0 bridgehead atoms. The molecule has 1 aromatic rings. The van der Waals surface area contributed by atoms with E-state index in [0.29, 0.717) is 0 Å². The molecule has 1 aromatic carbocycles. The van der Waals surface area contributed by atoms with E-state index in [0.717, 1.165) is 30.7 Å². The monoisotopic (exact) mass is 260 g/mol. The molecule has 1 aliphatic rings. The summed E-state index contributed by atoms with van der Waals surface area (Å²) in [5.74, 6) is 0.843. The van der Waals surface area contributed by atoms with E-state index in [1.165, 1.54) is 37.7 Å². The molecule has 19 heavy (non-hydrogen) atoms. The molecular weight excluding hydrogens is 232 g/mol. The Morgan fingerprint density at radius 1 is 1.11 bits per heavy atom. The van der Waals surface area contributed by atoms with Crippen LogP contribution in [0, 0.1) is 5.92 Å². The molecule has 1 saturated carbocycles. The number of unbranched alkanes of at least 4 members (excludes halogenated alkanes) is 1. The quantitative estimate of drug-likeness (QED) is 0.805. The summed E-state index contributed by atoms with van der Waals surface area (Å²) in [6, 6.07) is 8.59. The van der Waals surface area contributed by atoms with Crippen molar-refractivity contribution in [2.45, 2.75) is 70.8 Å². The normalized spacial score (nSPS) is 27.4. The maximum Gasteiger partial charge on any atom is 0.0896 e. The van der Waals surface area contributed by atoms with Crippen LogP contribution in [0.15, 0.2) is 24.3 Å². The molecule has 1 fully saturated rings. The third-order valence-electron chi connectivity index (χ3n) is 4.80. The van der Waals surface area contributed by atoms with Gasteiger partial charge in [0.05, 0.1) is 5.60 Å². The summed E-state index contributed by atoms with van der Waals surface area (Å²) in [7, 11) is 0. The zero-order chi connectivity index (χ0) is 13.7. The molecule has 0 atom stereocenters. The van der Waals surface area contributed by atoms with E-state index in [4.69, 9.17) is 0 Å². The number of hydrogen-bond donors (Lipinski definition) is 1. The van der Waals surface area contributed by atoms with Crippen molar-refractivity contribution in [2.75, 3.05) is 0 Å². The molecular formula is C18H28O. The molecule has 0 radical (unpaired) electrons. The lowest BCUT2D eigenvalue weighted by atomic mass is 9.74. The van der Waals surface area contributed by atoms with Gasteiger partial charge in [-0.25, -0.2) is 0 Å². The summed E-state index contributed by atoms with van der Waals surface area (Å²) in [5, 5.41) is 10.8. The van der Waals surface area contributed by atoms with Crippen molar-refractivity contribution in [1.29, 1.82) is 0 Å². The Morgan fingerprint density at radius 3 is 2.26 bits per heavy atom. The maximum absolute atomic E-state index is 10.8. The fourth-order valence-electron chi connectivity index (χ4n) is 3.28. The summed E-state index contributed by atoms with van der Waals surface area (Å²) in [6.07, 6.45) is 9.30. The van der Waals surface area contributed by atoms with Crippen molar-refractivity contribution in [1.82, 2.24) is 0 Å². The third kappa shape index (κ3) is 3.60. The van der Waals surface area contributed by atoms with E-state index in [2.05, 4.69) is 38.1 Å². The zero-order valence-electron chi connectivity index (χ0n) is 12.5. The topological polar surface area (TPSA) is 20.2 Å². The Hall–Kier alpha value is -0.820. The van der Waals surface area contributed by atoms with Crippen LogP contribution in [0.4, 0.5) is 0 Å². The molecule has 0 aliphatic heterocycles. The fourth-order valence-corrected chi connectivity index (χ4v) is 3.28. The maximum atomic E-state index is 10.8. The number of hydrogen-bond acceptors (Lipinski definition) is 1. The highest BCUT2D eigenvalue weighted by atomic mass is 16.3. The minimum Gasteiger partial charge on any atom is -0.385 e. The van der Waals surface area contributed by atoms with Crippen LogP contribution in [0.25, 0.3) is 0 Å². The Morgan fingerprint density at radius 2 is 1.74 bits per heavy atom. The van der Waals surface area contributed by atoms with Gasteiger partial charge < -0.3 is 5.11 Å². The van der Waals surface area contributed by atoms with Crippen LogP contribution in [0.5, 0.6) is 0 Å². The van der Waals surface area contributed by atoms with Crippen LogP contribution in [0.2, 0.25) is 0 Å². The van der Waals surface area contributed by atoms with Crippen LogP contribution >= 0.6 is 0 Å². The predicted molar refractivity (Wildman–Crippen MR) is 81.2 cm³/mol. The molecule has 0 unspecified atom stereocenters. The van der Waals surface area contributed by atoms with Crippen molar-refractivity contribution in [3.63, 3.8) is 0 Å². The first kappa shape index (κ1) is 14.6. The highest BCUT2D eigenvalue weighted by molar-refractivity contribution is 5.27. The number of benzene rings is 1. The Labute approximate surface area is 118 Å². The molecule has 1 heteroatoms. The summed E-state index contributed by atoms with van der Waals surface area (Å²) in [6.45, 7) is 4.43. The summed E-state index contributed by atoms with van der Waals surface area (Å²) in [5.41, 5.74) is 1.91. The molecule has 0 heterocycles. The highest BCUT2D eigenvalue weighted by Gasteiger charge is 2.34. The Balaban J connectivity index is 1.96. The van der Waals surface area contributed by atoms with E-state index in [1.807, 2.05) is 0 Å². The molecule has 1 N–H and O–H groups in total. The van der Waals surface area contributed by atoms with Crippen LogP contribution in [0.1, 0.15) is 69.9 Å². The molecule has 106 valence electrons. The predicted octanol–water partition coefficient (Wildman–Crippen LogP) is 4.82. The summed E-state index contributed by atoms with van der Waals surface area (Å²) >= 11 is 0. The lowest BCUT2D eigenvalue weighted by molar-refractivity contribution is -0.0153. The van der Waals surface area contributed by atoms with E-state index in [1.54, 1.807) is 0 Å². The van der Waals surface area contributed by atoms with Crippen molar-refractivity contribution < 1.29 is 5.11 Å². The average Bonchev–Trinajstić information content (AvgIpc) is 2.47. The average molecular weight is 260 g/mol. The van der Waals surface area contributed by atoms with Gasteiger partial charge in [0.25, 0.3) is 0 Å². The van der Waals surface area contributed by atoms with Gasteiger partial charge in [0, 0.05) is 0 Å². The molecule has 0 amide bonds. The van der Waals surface area contributed by atoms with E-state index >= 15 is 0 Å². The zero-order valence-corrected chi connectivity index (χ0v) is 12.5. The standard InChI is InChI=1S/C18H28O/c1-3-5-6-16-11-13-18(19,14-12-16)17-9-7-15(4-2)8-10-17/h7-10,16,19H,3-6,11-14H2,1-2H3/t16-,18+. The van der Waals surface area contributed by atoms with Crippen molar-refractivity contribution in [2.24, 2.45) is 5.92 Å². The summed E-state index contributed by atoms with van der Waals surface area (Å²) < 4.78 is 0. The molecule has 0 aromatic heterocycles. The van der Waals surface area contributed by atoms with E-state index in [-0.39, 0.29) is 0 Å². The molecule has 2 rings (SSSR count). The second-order valence-electron chi connectivity index (χ2n) is 6.17. The molecule has 0 spiro atoms. The molecule has 0 saturated heterocycles. The number of aliphatic hydroxyl groups is 1. The summed E-state index contributed by atoms with van der Waals surface area (Å²) in [4.78, 5) is 0. The Kier molecular flexibility index (Phi) is 5.04. The second-order valence-corrected chi connectivity index (χ2v) is 6.17. The van der Waals surface area contributed by atoms with Gasteiger partial charge in [0.15, 0.2) is 0 Å². The SMILES string of the molecule is CCCC[C@H]1CC[C@](O)(c2ccc(CC)cc2)CC1. The lowest BCUT2D eigenvalue weighted by Crippen LogP contribution is -2.31. The van der Waals surface area contributed by atoms with Gasteiger partial charge in [0.1, 0.15) is 0 Å². The lowest BCUT2D eigenvalue weighted by Gasteiger charge is -2.36. The van der Waals surface area contributed by atoms with Crippen LogP contribution in [0.3, 0.4) is 0 Å². The number of aryl methyl sites for hydroxylation is 1. The highest BCUT2D eigenvalue weighted by Crippen LogP contribution is 2.40. The van der Waals surface area contributed by atoms with Gasteiger partial charge in [-0.05, 0) is 49.1 Å². The van der Waals surface area contributed by atoms with Gasteiger partial charge in [-0.15, -0.1) is 0 Å². The second kappa shape index (κ2) is 6.56. The van der Waals surface area contributed by atoms with Crippen molar-refractivity contribution in [3.05, 3.63) is 35.4 Å². The minimum atomic E-state index is -0.561. The largest absolute Gasteiger partial charge is 0.385 e. The van der Waals surface area contributed by atoms with E-state index < -0.39 is 5.60 Å². The van der Waals surface area contributed by atoms with Crippen LogP contribution in [-0.4, -0.2) is 5.11 Å². The fraction of sp³-hybridized carbons (Fsp3) is 0.667.